The standard InChI is InChI=1S/C68H98N12O18/c1-93-39-41-97-45-43-95-37-35-78-29-22-72-62(86)50-11-5-10-49(58(50)82)57(81)18-26-80-34-33-77(27-20-70-63(87)51-12-6-14-53(59(51)83)65(89)73-23-30-78)28-21-71-64(88)52-13-7-15-54(60(52)84)66(90)74-24-31-79(36-38-96-44-46-98-42-40-94-2)32-25-75-67(91)55-16-8-17-56(61(55)85)68(92)76-48(47-80)9-3-4-19-69/h5-8,10-17,48,82-85H,3-4,9,18-47,69H2,1-2H3,(H,70,87)(H,71,88)(H,72,86)(H,73,89)(H,74,90)(H,75,91)(H,76,92). The van der Waals surface area contributed by atoms with Gasteiger partial charge in [0.25, 0.3) is 41.4 Å². The van der Waals surface area contributed by atoms with E-state index in [4.69, 9.17) is 34.2 Å². The molecule has 0 spiro atoms. The van der Waals surface area contributed by atoms with Gasteiger partial charge in [-0.15, -0.1) is 0 Å². The molecular formula is C68H98N12O18. The van der Waals surface area contributed by atoms with Crippen LogP contribution in [-0.2, 0) is 28.4 Å². The van der Waals surface area contributed by atoms with E-state index in [2.05, 4.69) is 37.2 Å². The maximum atomic E-state index is 14.5. The number of fused-ring (bicyclic) bond motifs is 11. The Bertz CT molecular complexity index is 3220. The monoisotopic (exact) mass is 1370 g/mol. The van der Waals surface area contributed by atoms with E-state index in [-0.39, 0.29) is 169 Å². The fourth-order valence-corrected chi connectivity index (χ4v) is 10.8. The molecule has 4 aromatic rings. The third-order valence-electron chi connectivity index (χ3n) is 16.4. The maximum absolute atomic E-state index is 14.5. The number of rotatable bonds is 22. The van der Waals surface area contributed by atoms with Crippen molar-refractivity contribution in [2.45, 2.75) is 31.7 Å². The number of carbonyl (C=O) groups is 8. The first-order valence-electron chi connectivity index (χ1n) is 33.2. The number of aromatic hydroxyl groups is 4. The Morgan fingerprint density at radius 3 is 1.07 bits per heavy atom. The third-order valence-corrected chi connectivity index (χ3v) is 16.4. The zero-order chi connectivity index (χ0) is 70.4. The van der Waals surface area contributed by atoms with Crippen LogP contribution in [0.1, 0.15) is 109 Å². The maximum Gasteiger partial charge on any atom is 0.255 e. The van der Waals surface area contributed by atoms with Gasteiger partial charge in [0.15, 0.2) is 5.78 Å². The van der Waals surface area contributed by atoms with Crippen LogP contribution in [0.4, 0.5) is 0 Å². The van der Waals surface area contributed by atoms with Crippen LogP contribution in [0.2, 0.25) is 0 Å². The minimum atomic E-state index is -0.702. The smallest absolute Gasteiger partial charge is 0.255 e. The SMILES string of the molecule is COCCOCCOCCN1CCNC(=O)c2cccc(c2O)C(=O)CCN2CCN(CCNC(=O)c3cccc(c3O)C(=O)NCC1)CCNC(=O)c1cccc(c1O)C(=O)NCCN(CCOCCOCCOC)CCNC(=O)c1cccc(c1O)C(=O)NC(CCCCN)C2. The van der Waals surface area contributed by atoms with E-state index in [1.54, 1.807) is 14.2 Å². The summed E-state index contributed by atoms with van der Waals surface area (Å²) in [5, 5.41) is 66.1. The van der Waals surface area contributed by atoms with Gasteiger partial charge in [-0.1, -0.05) is 30.7 Å². The van der Waals surface area contributed by atoms with Crippen LogP contribution in [0.25, 0.3) is 0 Å². The minimum absolute atomic E-state index is 0.0294. The van der Waals surface area contributed by atoms with Crippen molar-refractivity contribution in [3.8, 4) is 23.0 Å². The summed E-state index contributed by atoms with van der Waals surface area (Å²) in [5.41, 5.74) is 4.68. The van der Waals surface area contributed by atoms with Gasteiger partial charge in [-0.05, 0) is 67.9 Å². The van der Waals surface area contributed by atoms with E-state index >= 15 is 0 Å². The van der Waals surface area contributed by atoms with Crippen molar-refractivity contribution in [3.63, 3.8) is 0 Å². The van der Waals surface area contributed by atoms with E-state index in [1.807, 2.05) is 19.6 Å². The molecule has 538 valence electrons. The number of ether oxygens (including phenoxy) is 6. The molecule has 0 saturated carbocycles. The molecule has 2 aliphatic heterocycles. The molecule has 6 rings (SSSR count). The highest BCUT2D eigenvalue weighted by molar-refractivity contribution is 6.07. The molecule has 7 amide bonds. The predicted molar refractivity (Wildman–Crippen MR) is 362 cm³/mol. The molecule has 30 heteroatoms. The number of methoxy groups -OCH3 is 2. The molecule has 3 unspecified atom stereocenters. The number of ketones is 1. The van der Waals surface area contributed by atoms with E-state index in [0.717, 1.165) is 0 Å². The van der Waals surface area contributed by atoms with Crippen LogP contribution in [0.15, 0.2) is 72.8 Å². The number of amides is 7. The Hall–Kier alpha value is -8.40. The van der Waals surface area contributed by atoms with Gasteiger partial charge in [-0.2, -0.15) is 0 Å². The number of nitrogens with two attached hydrogens (primary N) is 1. The topological polar surface area (TPSA) is 396 Å². The highest BCUT2D eigenvalue weighted by atomic mass is 16.5. The second-order valence-electron chi connectivity index (χ2n) is 23.2. The first-order valence-corrected chi connectivity index (χ1v) is 33.2. The van der Waals surface area contributed by atoms with Gasteiger partial charge in [0.2, 0.25) is 0 Å². The fraction of sp³-hybridized carbons (Fsp3) is 0.529. The summed E-state index contributed by atoms with van der Waals surface area (Å²) in [6.07, 6.45) is 1.31. The Balaban J connectivity index is 1.32. The number of unbranched alkanes of at least 4 members (excludes halogenated alkanes) is 1. The summed E-state index contributed by atoms with van der Waals surface area (Å²) < 4.78 is 32.6. The van der Waals surface area contributed by atoms with Crippen molar-refractivity contribution in [2.24, 2.45) is 5.73 Å². The number of phenolic OH excluding ortho intramolecular Hbond substituents is 4. The lowest BCUT2D eigenvalue weighted by Gasteiger charge is -2.31. The largest absolute Gasteiger partial charge is 0.506 e. The average molecular weight is 1370 g/mol. The molecule has 0 aliphatic carbocycles. The fourth-order valence-electron chi connectivity index (χ4n) is 10.8. The molecule has 0 radical (unpaired) electrons. The minimum Gasteiger partial charge on any atom is -0.506 e. The molecule has 98 heavy (non-hydrogen) atoms. The van der Waals surface area contributed by atoms with Crippen LogP contribution in [0, 0.1) is 0 Å². The quantitative estimate of drug-likeness (QED) is 0.0473. The van der Waals surface area contributed by atoms with Gasteiger partial charge in [-0.3, -0.25) is 58.0 Å². The Morgan fingerprint density at radius 2 is 0.704 bits per heavy atom. The number of para-hydroxylation sites is 4. The van der Waals surface area contributed by atoms with Crippen molar-refractivity contribution in [1.29, 1.82) is 0 Å². The van der Waals surface area contributed by atoms with Crippen LogP contribution in [0.3, 0.4) is 0 Å². The van der Waals surface area contributed by atoms with E-state index < -0.39 is 76.2 Å². The summed E-state index contributed by atoms with van der Waals surface area (Å²) in [6.45, 7) is 6.58. The highest BCUT2D eigenvalue weighted by Crippen LogP contribution is 2.27. The summed E-state index contributed by atoms with van der Waals surface area (Å²) in [4.78, 5) is 119. The van der Waals surface area contributed by atoms with Crippen molar-refractivity contribution in [1.82, 2.24) is 56.8 Å². The lowest BCUT2D eigenvalue weighted by molar-refractivity contribution is 0.0196. The molecule has 10 bridgehead atoms. The van der Waals surface area contributed by atoms with Gasteiger partial charge >= 0.3 is 0 Å². The van der Waals surface area contributed by atoms with Crippen LogP contribution in [-0.4, -0.2) is 298 Å². The van der Waals surface area contributed by atoms with Crippen molar-refractivity contribution < 1.29 is 87.2 Å². The number of hydrogen-bond donors (Lipinski definition) is 12. The molecule has 3 atom stereocenters. The molecule has 30 nitrogen and oxygen atoms in total. The number of hydrogen-bond acceptors (Lipinski definition) is 23. The Morgan fingerprint density at radius 1 is 0.388 bits per heavy atom. The number of nitrogens with one attached hydrogen (secondary N) is 7. The molecule has 0 saturated heterocycles. The van der Waals surface area contributed by atoms with E-state index in [1.165, 1.54) is 72.8 Å². The molecule has 2 aliphatic rings. The van der Waals surface area contributed by atoms with Crippen LogP contribution < -0.4 is 43.0 Å². The first-order chi connectivity index (χ1) is 47.5. The molecular weight excluding hydrogens is 1270 g/mol. The third kappa shape index (κ3) is 26.1. The Kier molecular flexibility index (Phi) is 35.1. The summed E-state index contributed by atoms with van der Waals surface area (Å²) >= 11 is 0. The molecule has 4 aromatic carbocycles. The zero-order valence-corrected chi connectivity index (χ0v) is 56.2. The van der Waals surface area contributed by atoms with Crippen LogP contribution >= 0.6 is 0 Å². The van der Waals surface area contributed by atoms with Gasteiger partial charge in [0.05, 0.1) is 111 Å². The summed E-state index contributed by atoms with van der Waals surface area (Å²) in [7, 11) is 3.15. The van der Waals surface area contributed by atoms with Crippen molar-refractivity contribution >= 4 is 47.1 Å². The van der Waals surface area contributed by atoms with Gasteiger partial charge in [-0.25, -0.2) is 0 Å². The number of benzene rings is 4. The average Bonchev–Trinajstić information content (AvgIpc) is 0.873. The first kappa shape index (κ1) is 78.6. The normalized spacial score (nSPS) is 18.9. The van der Waals surface area contributed by atoms with E-state index in [0.29, 0.717) is 91.8 Å². The van der Waals surface area contributed by atoms with Crippen LogP contribution in [0.5, 0.6) is 23.0 Å². The summed E-state index contributed by atoms with van der Waals surface area (Å²) in [5.74, 6) is -7.48. The number of Topliss-reactive ketones (excluding diaryl/α,β-unsaturated/α-hetero) is 1. The zero-order valence-electron chi connectivity index (χ0n) is 56.2. The molecule has 0 aromatic heterocycles. The lowest BCUT2D eigenvalue weighted by atomic mass is 10.0. The van der Waals surface area contributed by atoms with Gasteiger partial charge in [0.1, 0.15) is 23.0 Å². The summed E-state index contributed by atoms with van der Waals surface area (Å²) in [6, 6.07) is 16.3. The molecule has 13 N–H and O–H groups in total. The lowest BCUT2D eigenvalue weighted by Crippen LogP contribution is -2.48. The van der Waals surface area contributed by atoms with E-state index in [9.17, 15) is 58.8 Å². The molecule has 0 fully saturated rings. The predicted octanol–water partition coefficient (Wildman–Crippen LogP) is 0.383. The van der Waals surface area contributed by atoms with Gasteiger partial charge < -0.3 is 91.8 Å². The number of phenols is 4. The number of carbonyl (C=O) groups excluding carboxylic acids is 8. The Labute approximate surface area is 571 Å². The second-order valence-corrected chi connectivity index (χ2v) is 23.2. The van der Waals surface area contributed by atoms with Crippen molar-refractivity contribution in [2.75, 3.05) is 205 Å². The second kappa shape index (κ2) is 43.8. The van der Waals surface area contributed by atoms with Gasteiger partial charge in [0, 0.05) is 144 Å². The number of nitrogens with zero attached hydrogens (tertiary/aromatic N) is 4. The highest BCUT2D eigenvalue weighted by Gasteiger charge is 2.27. The molecule has 2 heterocycles. The van der Waals surface area contributed by atoms with Crippen molar-refractivity contribution in [3.05, 3.63) is 117 Å².